The molecule has 0 saturated heterocycles. The first-order valence-electron chi connectivity index (χ1n) is 11.2. The second kappa shape index (κ2) is 13.6. The van der Waals surface area contributed by atoms with Crippen LogP contribution in [0.3, 0.4) is 0 Å². The van der Waals surface area contributed by atoms with Gasteiger partial charge in [-0.15, -0.1) is 5.73 Å². The lowest BCUT2D eigenvalue weighted by Crippen LogP contribution is -2.45. The molecule has 0 amide bonds. The van der Waals surface area contributed by atoms with Gasteiger partial charge in [-0.05, 0) is 62.2 Å². The van der Waals surface area contributed by atoms with Gasteiger partial charge >= 0.3 is 5.97 Å². The summed E-state index contributed by atoms with van der Waals surface area (Å²) in [6.07, 6.45) is 18.7. The number of allylic oxidation sites excluding steroid dienone is 4. The zero-order valence-electron chi connectivity index (χ0n) is 18.7. The topological polar surface area (TPSA) is 66.8 Å². The van der Waals surface area contributed by atoms with Crippen molar-refractivity contribution in [2.24, 2.45) is 11.8 Å². The highest BCUT2D eigenvalue weighted by molar-refractivity contribution is 5.77. The van der Waals surface area contributed by atoms with E-state index in [2.05, 4.69) is 36.5 Å². The van der Waals surface area contributed by atoms with Gasteiger partial charge in [0, 0.05) is 5.92 Å². The van der Waals surface area contributed by atoms with Crippen LogP contribution in [0.4, 0.5) is 0 Å². The van der Waals surface area contributed by atoms with E-state index in [4.69, 9.17) is 0 Å². The van der Waals surface area contributed by atoms with E-state index in [0.29, 0.717) is 12.3 Å². The second-order valence-electron chi connectivity index (χ2n) is 8.10. The Kier molecular flexibility index (Phi) is 11.9. The van der Waals surface area contributed by atoms with Crippen molar-refractivity contribution in [3.63, 3.8) is 0 Å². The molecule has 1 aliphatic rings. The van der Waals surface area contributed by atoms with E-state index in [1.807, 2.05) is 13.0 Å². The van der Waals surface area contributed by atoms with E-state index in [9.17, 15) is 15.0 Å². The van der Waals surface area contributed by atoms with Crippen LogP contribution in [0.5, 0.6) is 0 Å². The van der Waals surface area contributed by atoms with Crippen LogP contribution < -0.4 is 0 Å². The summed E-state index contributed by atoms with van der Waals surface area (Å²) < 4.78 is 4.51. The van der Waals surface area contributed by atoms with Crippen molar-refractivity contribution in [1.82, 2.24) is 0 Å². The molecule has 0 aromatic rings. The zero-order valence-corrected chi connectivity index (χ0v) is 18.7. The molecule has 0 fully saturated rings. The average molecular weight is 405 g/mol. The molecule has 0 aromatic heterocycles. The molecule has 0 heterocycles. The van der Waals surface area contributed by atoms with Gasteiger partial charge in [0.2, 0.25) is 0 Å². The second-order valence-corrected chi connectivity index (χ2v) is 8.10. The molecule has 0 spiro atoms. The molecule has 4 heteroatoms. The third kappa shape index (κ3) is 8.34. The summed E-state index contributed by atoms with van der Waals surface area (Å²) in [5.74, 6) is -3.73. The monoisotopic (exact) mass is 404 g/mol. The predicted octanol–water partition coefficient (Wildman–Crippen LogP) is 5.61. The minimum Gasteiger partial charge on any atom is -0.465 e. The standard InChI is InChI=1S/C25H40O4/c1-5-7-8-9-10-11-15-21-19-18-20(3)23(21)17-13-12-16-22(14-6-2)25(27,28)24(26)29-4/h11,13,15-16,20,22,27-28H,5-10,14,17-19H2,1-4H3/t12?,20-,22?/m0/s1. The summed E-state index contributed by atoms with van der Waals surface area (Å²) in [7, 11) is 1.15. The zero-order chi connectivity index (χ0) is 21.7. The van der Waals surface area contributed by atoms with Crippen molar-refractivity contribution in [2.45, 2.75) is 90.8 Å². The van der Waals surface area contributed by atoms with Crippen LogP contribution in [0.2, 0.25) is 0 Å². The fraction of sp³-hybridized carbons (Fsp3) is 0.680. The molecule has 1 aliphatic carbocycles. The van der Waals surface area contributed by atoms with E-state index in [1.165, 1.54) is 43.3 Å². The first-order valence-corrected chi connectivity index (χ1v) is 11.2. The van der Waals surface area contributed by atoms with Gasteiger partial charge in [0.25, 0.3) is 5.79 Å². The molecule has 0 bridgehead atoms. The fourth-order valence-corrected chi connectivity index (χ4v) is 3.83. The van der Waals surface area contributed by atoms with E-state index < -0.39 is 17.7 Å². The van der Waals surface area contributed by atoms with Gasteiger partial charge in [-0.2, -0.15) is 0 Å². The van der Waals surface area contributed by atoms with E-state index in [-0.39, 0.29) is 0 Å². The van der Waals surface area contributed by atoms with Crippen molar-refractivity contribution in [3.05, 3.63) is 41.2 Å². The van der Waals surface area contributed by atoms with Gasteiger partial charge in [0.05, 0.1) is 7.11 Å². The number of unbranched alkanes of at least 4 members (excludes halogenated alkanes) is 4. The number of aliphatic hydroxyl groups is 2. The van der Waals surface area contributed by atoms with Crippen molar-refractivity contribution >= 4 is 5.97 Å². The number of carbonyl (C=O) groups is 1. The largest absolute Gasteiger partial charge is 0.465 e. The molecular weight excluding hydrogens is 364 g/mol. The molecule has 29 heavy (non-hydrogen) atoms. The Balaban J connectivity index is 2.78. The quantitative estimate of drug-likeness (QED) is 0.181. The van der Waals surface area contributed by atoms with Gasteiger partial charge in [0.1, 0.15) is 0 Å². The molecule has 4 nitrogen and oxygen atoms in total. The van der Waals surface area contributed by atoms with Crippen LogP contribution >= 0.6 is 0 Å². The van der Waals surface area contributed by atoms with E-state index in [1.54, 1.807) is 6.08 Å². The molecule has 1 rings (SSSR count). The van der Waals surface area contributed by atoms with Crippen LogP contribution in [0.15, 0.2) is 41.2 Å². The van der Waals surface area contributed by atoms with Gasteiger partial charge < -0.3 is 14.9 Å². The maximum absolute atomic E-state index is 11.7. The third-order valence-electron chi connectivity index (χ3n) is 5.74. The smallest absolute Gasteiger partial charge is 0.366 e. The Hall–Kier alpha value is -1.61. The summed E-state index contributed by atoms with van der Waals surface area (Å²) in [6.45, 7) is 6.43. The fourth-order valence-electron chi connectivity index (χ4n) is 3.83. The van der Waals surface area contributed by atoms with Gasteiger partial charge in [0.15, 0.2) is 0 Å². The van der Waals surface area contributed by atoms with Gasteiger partial charge in [-0.3, -0.25) is 0 Å². The molecule has 0 saturated carbocycles. The van der Waals surface area contributed by atoms with Crippen LogP contribution in [-0.2, 0) is 9.53 Å². The Labute approximate surface area is 177 Å². The summed E-state index contributed by atoms with van der Waals surface area (Å²) in [6, 6.07) is 0. The number of hydrogen-bond acceptors (Lipinski definition) is 4. The molecule has 2 atom stereocenters. The Morgan fingerprint density at radius 1 is 1.28 bits per heavy atom. The van der Waals surface area contributed by atoms with Crippen LogP contribution in [-0.4, -0.2) is 29.1 Å². The summed E-state index contributed by atoms with van der Waals surface area (Å²) in [5.41, 5.74) is 5.95. The first kappa shape index (κ1) is 25.4. The minimum absolute atomic E-state index is 0.466. The molecule has 0 aliphatic heterocycles. The third-order valence-corrected chi connectivity index (χ3v) is 5.74. The molecule has 164 valence electrons. The Bertz CT molecular complexity index is 621. The number of rotatable bonds is 13. The molecule has 0 aromatic carbocycles. The highest BCUT2D eigenvalue weighted by Crippen LogP contribution is 2.35. The van der Waals surface area contributed by atoms with Crippen LogP contribution in [0, 0.1) is 11.8 Å². The molecule has 1 unspecified atom stereocenters. The number of methoxy groups -OCH3 is 1. The van der Waals surface area contributed by atoms with Gasteiger partial charge in [-0.1, -0.05) is 64.2 Å². The predicted molar refractivity (Wildman–Crippen MR) is 118 cm³/mol. The van der Waals surface area contributed by atoms with Crippen LogP contribution in [0.25, 0.3) is 0 Å². The lowest BCUT2D eigenvalue weighted by atomic mass is 9.93. The highest BCUT2D eigenvalue weighted by atomic mass is 16.6. The number of carbonyl (C=O) groups excluding carboxylic acids is 1. The normalized spacial score (nSPS) is 18.1. The SMILES string of the molecule is CCCCCCC=CC1=C(CC=C=CC(CCC)C(O)(O)C(=O)OC)[C@@H](C)CC1. The summed E-state index contributed by atoms with van der Waals surface area (Å²) in [5, 5.41) is 20.2. The van der Waals surface area contributed by atoms with Crippen molar-refractivity contribution in [2.75, 3.05) is 7.11 Å². The lowest BCUT2D eigenvalue weighted by molar-refractivity contribution is -0.220. The molecule has 2 N–H and O–H groups in total. The maximum Gasteiger partial charge on any atom is 0.366 e. The Morgan fingerprint density at radius 2 is 2.03 bits per heavy atom. The van der Waals surface area contributed by atoms with Crippen molar-refractivity contribution in [1.29, 1.82) is 0 Å². The minimum atomic E-state index is -2.52. The number of esters is 1. The summed E-state index contributed by atoms with van der Waals surface area (Å²) in [4.78, 5) is 11.7. The lowest BCUT2D eigenvalue weighted by Gasteiger charge is -2.25. The van der Waals surface area contributed by atoms with Gasteiger partial charge in [-0.25, -0.2) is 4.79 Å². The maximum atomic E-state index is 11.7. The molecular formula is C25H40O4. The van der Waals surface area contributed by atoms with Crippen LogP contribution in [0.1, 0.15) is 85.0 Å². The average Bonchev–Trinajstić information content (AvgIpc) is 3.05. The molecule has 0 radical (unpaired) electrons. The Morgan fingerprint density at radius 3 is 2.69 bits per heavy atom. The highest BCUT2D eigenvalue weighted by Gasteiger charge is 2.41. The number of hydrogen-bond donors (Lipinski definition) is 2. The number of ether oxygens (including phenoxy) is 1. The first-order chi connectivity index (χ1) is 13.9. The van der Waals surface area contributed by atoms with E-state index in [0.717, 1.165) is 32.8 Å². The van der Waals surface area contributed by atoms with Crippen molar-refractivity contribution < 1.29 is 19.7 Å². The van der Waals surface area contributed by atoms with Crippen molar-refractivity contribution in [3.8, 4) is 0 Å². The summed E-state index contributed by atoms with van der Waals surface area (Å²) >= 11 is 0. The van der Waals surface area contributed by atoms with E-state index >= 15 is 0 Å².